The number of nitrogens with zero attached hydrogens (tertiary/aromatic N) is 3. The van der Waals surface area contributed by atoms with Crippen molar-refractivity contribution in [3.8, 4) is 0 Å². The van der Waals surface area contributed by atoms with E-state index in [4.69, 9.17) is 0 Å². The largest absolute Gasteiger partial charge is 0.321 e. The molecule has 1 aromatic heterocycles. The molecule has 0 aliphatic carbocycles. The van der Waals surface area contributed by atoms with Crippen LogP contribution in [0.15, 0.2) is 23.4 Å². The van der Waals surface area contributed by atoms with E-state index in [1.54, 1.807) is 31.8 Å². The van der Waals surface area contributed by atoms with Gasteiger partial charge in [0.25, 0.3) is 0 Å². The summed E-state index contributed by atoms with van der Waals surface area (Å²) in [5.41, 5.74) is 0.775. The van der Waals surface area contributed by atoms with Crippen molar-refractivity contribution < 1.29 is 12.8 Å². The molecule has 21 heavy (non-hydrogen) atoms. The minimum atomic E-state index is -3.68. The molecule has 0 radical (unpaired) electrons. The Labute approximate surface area is 123 Å². The molecule has 0 saturated heterocycles. The van der Waals surface area contributed by atoms with Crippen LogP contribution in [0, 0.1) is 19.7 Å². The van der Waals surface area contributed by atoms with E-state index in [0.717, 1.165) is 0 Å². The highest BCUT2D eigenvalue weighted by Crippen LogP contribution is 2.21. The molecule has 0 spiro atoms. The maximum atomic E-state index is 13.2. The summed E-state index contributed by atoms with van der Waals surface area (Å²) in [6.45, 7) is 3.35. The highest BCUT2D eigenvalue weighted by Gasteiger charge is 2.20. The first-order valence-corrected chi connectivity index (χ1v) is 7.89. The van der Waals surface area contributed by atoms with Crippen LogP contribution in [0.1, 0.15) is 17.0 Å². The van der Waals surface area contributed by atoms with Crippen LogP contribution in [0.4, 0.5) is 4.39 Å². The highest BCUT2D eigenvalue weighted by atomic mass is 32.2. The molecule has 1 heterocycles. The topological polar surface area (TPSA) is 76.9 Å². The first kappa shape index (κ1) is 15.6. The highest BCUT2D eigenvalue weighted by molar-refractivity contribution is 7.89. The average molecular weight is 312 g/mol. The first-order valence-electron chi connectivity index (χ1n) is 6.40. The van der Waals surface area contributed by atoms with E-state index >= 15 is 0 Å². The fourth-order valence-electron chi connectivity index (χ4n) is 2.22. The lowest BCUT2D eigenvalue weighted by molar-refractivity contribution is 0.577. The fraction of sp³-hybridized carbons (Fsp3) is 0.385. The zero-order valence-corrected chi connectivity index (χ0v) is 12.9. The van der Waals surface area contributed by atoms with Gasteiger partial charge in [0.05, 0.1) is 4.90 Å². The van der Waals surface area contributed by atoms with Gasteiger partial charge in [0, 0.05) is 20.0 Å². The maximum absolute atomic E-state index is 13.2. The van der Waals surface area contributed by atoms with Gasteiger partial charge in [-0.05, 0) is 37.1 Å². The Morgan fingerprint density at radius 3 is 2.43 bits per heavy atom. The van der Waals surface area contributed by atoms with Crippen LogP contribution in [-0.4, -0.2) is 29.7 Å². The zero-order chi connectivity index (χ0) is 15.6. The van der Waals surface area contributed by atoms with Crippen LogP contribution >= 0.6 is 0 Å². The quantitative estimate of drug-likeness (QED) is 0.896. The molecule has 0 amide bonds. The molecule has 0 saturated carbocycles. The second-order valence-electron chi connectivity index (χ2n) is 4.87. The van der Waals surface area contributed by atoms with E-state index in [1.807, 2.05) is 0 Å². The Balaban J connectivity index is 2.14. The molecule has 0 fully saturated rings. The van der Waals surface area contributed by atoms with Crippen molar-refractivity contribution in [2.75, 3.05) is 6.54 Å². The summed E-state index contributed by atoms with van der Waals surface area (Å²) in [6.07, 6.45) is 1.98. The Kier molecular flexibility index (Phi) is 4.38. The van der Waals surface area contributed by atoms with Gasteiger partial charge in [-0.25, -0.2) is 17.5 Å². The van der Waals surface area contributed by atoms with E-state index in [2.05, 4.69) is 14.9 Å². The van der Waals surface area contributed by atoms with Crippen LogP contribution in [-0.2, 0) is 23.5 Å². The SMILES string of the molecule is Cc1cc(F)cc(C)c1S(=O)(=O)NCCc1nncn1C. The molecule has 6 nitrogen and oxygen atoms in total. The summed E-state index contributed by atoms with van der Waals surface area (Å²) in [5.74, 6) is 0.244. The molecule has 2 aromatic rings. The van der Waals surface area contributed by atoms with Crippen molar-refractivity contribution in [2.45, 2.75) is 25.2 Å². The lowest BCUT2D eigenvalue weighted by Gasteiger charge is -2.12. The fourth-order valence-corrected chi connectivity index (χ4v) is 3.70. The zero-order valence-electron chi connectivity index (χ0n) is 12.1. The third-order valence-corrected chi connectivity index (χ3v) is 4.91. The van der Waals surface area contributed by atoms with E-state index in [1.165, 1.54) is 12.1 Å². The number of rotatable bonds is 5. The number of hydrogen-bond donors (Lipinski definition) is 1. The lowest BCUT2D eigenvalue weighted by atomic mass is 10.1. The molecule has 0 atom stereocenters. The number of benzene rings is 1. The number of nitrogens with one attached hydrogen (secondary N) is 1. The van der Waals surface area contributed by atoms with Crippen molar-refractivity contribution in [1.29, 1.82) is 0 Å². The van der Waals surface area contributed by atoms with Gasteiger partial charge in [0.15, 0.2) is 0 Å². The van der Waals surface area contributed by atoms with Gasteiger partial charge >= 0.3 is 0 Å². The van der Waals surface area contributed by atoms with Crippen molar-refractivity contribution in [3.63, 3.8) is 0 Å². The number of aromatic nitrogens is 3. The van der Waals surface area contributed by atoms with Gasteiger partial charge in [0.2, 0.25) is 10.0 Å². The van der Waals surface area contributed by atoms with Gasteiger partial charge in [0.1, 0.15) is 18.0 Å². The summed E-state index contributed by atoms with van der Waals surface area (Å²) >= 11 is 0. The summed E-state index contributed by atoms with van der Waals surface area (Å²) in [4.78, 5) is 0.127. The predicted molar refractivity (Wildman–Crippen MR) is 75.8 cm³/mol. The first-order chi connectivity index (χ1) is 9.81. The number of sulfonamides is 1. The van der Waals surface area contributed by atoms with Crippen molar-refractivity contribution in [1.82, 2.24) is 19.5 Å². The second kappa shape index (κ2) is 5.90. The Morgan fingerprint density at radius 1 is 1.29 bits per heavy atom. The minimum Gasteiger partial charge on any atom is -0.321 e. The Bertz CT molecular complexity index is 732. The smallest absolute Gasteiger partial charge is 0.241 e. The van der Waals surface area contributed by atoms with Crippen LogP contribution in [0.3, 0.4) is 0 Å². The molecule has 1 N–H and O–H groups in total. The van der Waals surface area contributed by atoms with E-state index in [9.17, 15) is 12.8 Å². The van der Waals surface area contributed by atoms with Gasteiger partial charge in [-0.1, -0.05) is 0 Å². The van der Waals surface area contributed by atoms with Crippen molar-refractivity contribution >= 4 is 10.0 Å². The molecule has 1 aromatic carbocycles. The van der Waals surface area contributed by atoms with Crippen LogP contribution in [0.25, 0.3) is 0 Å². The second-order valence-corrected chi connectivity index (χ2v) is 6.58. The molecule has 8 heteroatoms. The van der Waals surface area contributed by atoms with Crippen LogP contribution in [0.5, 0.6) is 0 Å². The normalized spacial score (nSPS) is 11.8. The third kappa shape index (κ3) is 3.45. The molecule has 0 bridgehead atoms. The minimum absolute atomic E-state index is 0.127. The lowest BCUT2D eigenvalue weighted by Crippen LogP contribution is -2.28. The van der Waals surface area contributed by atoms with E-state index < -0.39 is 15.8 Å². The predicted octanol–water partition coefficient (Wildman–Crippen LogP) is 1.09. The molecule has 0 unspecified atom stereocenters. The molecule has 114 valence electrons. The number of hydrogen-bond acceptors (Lipinski definition) is 4. The van der Waals surface area contributed by atoms with Crippen LogP contribution in [0.2, 0.25) is 0 Å². The monoisotopic (exact) mass is 312 g/mol. The van der Waals surface area contributed by atoms with Gasteiger partial charge in [-0.2, -0.15) is 0 Å². The van der Waals surface area contributed by atoms with Gasteiger partial charge < -0.3 is 4.57 Å². The summed E-state index contributed by atoms with van der Waals surface area (Å²) < 4.78 is 42.1. The molecule has 0 aliphatic rings. The van der Waals surface area contributed by atoms with Gasteiger partial charge in [-0.15, -0.1) is 10.2 Å². The molecule has 2 rings (SSSR count). The third-order valence-electron chi connectivity index (χ3n) is 3.14. The Hall–Kier alpha value is -1.80. The molecule has 0 aliphatic heterocycles. The molecular weight excluding hydrogens is 295 g/mol. The standard InChI is InChI=1S/C13H17FN4O2S/c1-9-6-11(14)7-10(2)13(9)21(19,20)16-5-4-12-17-15-8-18(12)3/h6-8,16H,4-5H2,1-3H3. The van der Waals surface area contributed by atoms with Crippen LogP contribution < -0.4 is 4.72 Å². The van der Waals surface area contributed by atoms with E-state index in [0.29, 0.717) is 23.4 Å². The van der Waals surface area contributed by atoms with E-state index in [-0.39, 0.29) is 11.4 Å². The average Bonchev–Trinajstić information content (AvgIpc) is 2.73. The number of halogens is 1. The summed E-state index contributed by atoms with van der Waals surface area (Å²) in [7, 11) is -1.89. The van der Waals surface area contributed by atoms with Crippen molar-refractivity contribution in [2.24, 2.45) is 7.05 Å². The maximum Gasteiger partial charge on any atom is 0.241 e. The van der Waals surface area contributed by atoms with Crippen molar-refractivity contribution in [3.05, 3.63) is 41.2 Å². The number of aryl methyl sites for hydroxylation is 3. The summed E-state index contributed by atoms with van der Waals surface area (Å²) in [6, 6.07) is 2.43. The summed E-state index contributed by atoms with van der Waals surface area (Å²) in [5, 5.41) is 7.61. The Morgan fingerprint density at radius 2 is 1.90 bits per heavy atom. The van der Waals surface area contributed by atoms with Gasteiger partial charge in [-0.3, -0.25) is 0 Å². The molecular formula is C13H17FN4O2S.